The van der Waals surface area contributed by atoms with E-state index in [0.29, 0.717) is 16.9 Å². The first-order valence-corrected chi connectivity index (χ1v) is 11.5. The van der Waals surface area contributed by atoms with Gasteiger partial charge in [0.15, 0.2) is 0 Å². The van der Waals surface area contributed by atoms with Crippen molar-refractivity contribution >= 4 is 5.97 Å². The van der Waals surface area contributed by atoms with Crippen LogP contribution in [0, 0.1) is 28.6 Å². The predicted molar refractivity (Wildman–Crippen MR) is 112 cm³/mol. The highest BCUT2D eigenvalue weighted by Crippen LogP contribution is 2.65. The highest BCUT2D eigenvalue weighted by molar-refractivity contribution is 5.89. The van der Waals surface area contributed by atoms with Crippen LogP contribution >= 0.6 is 0 Å². The molecule has 0 bridgehead atoms. The molecule has 0 amide bonds. The van der Waals surface area contributed by atoms with Crippen LogP contribution in [0.4, 0.5) is 0 Å². The molecule has 150 valence electrons. The van der Waals surface area contributed by atoms with Gasteiger partial charge in [-0.15, -0.1) is 0 Å². The lowest BCUT2D eigenvalue weighted by molar-refractivity contribution is -0.0739. The monoisotopic (exact) mass is 378 g/mol. The number of carbonyl (C=O) groups is 1. The molecular formula is C26H34O2. The van der Waals surface area contributed by atoms with E-state index in [0.717, 1.165) is 18.3 Å². The molecule has 6 atom stereocenters. The first kappa shape index (κ1) is 18.5. The van der Waals surface area contributed by atoms with Gasteiger partial charge in [-0.25, -0.2) is 4.79 Å². The van der Waals surface area contributed by atoms with Crippen molar-refractivity contribution in [3.05, 3.63) is 47.5 Å². The summed E-state index contributed by atoms with van der Waals surface area (Å²) in [5.41, 5.74) is 3.06. The number of ether oxygens (including phenoxy) is 1. The average Bonchev–Trinajstić information content (AvgIpc) is 3.04. The number of benzene rings is 1. The molecule has 5 rings (SSSR count). The molecule has 2 nitrogen and oxygen atoms in total. The van der Waals surface area contributed by atoms with Crippen LogP contribution in [0.25, 0.3) is 0 Å². The quantitative estimate of drug-likeness (QED) is 0.430. The Kier molecular flexibility index (Phi) is 4.45. The molecule has 0 aliphatic heterocycles. The molecule has 1 aromatic rings. The fraction of sp³-hybridized carbons (Fsp3) is 0.654. The lowest BCUT2D eigenvalue weighted by Gasteiger charge is -2.57. The van der Waals surface area contributed by atoms with Crippen molar-refractivity contribution < 1.29 is 9.53 Å². The average molecular weight is 379 g/mol. The third-order valence-corrected chi connectivity index (χ3v) is 9.19. The smallest absolute Gasteiger partial charge is 0.338 e. The summed E-state index contributed by atoms with van der Waals surface area (Å²) in [6.45, 7) is 4.99. The van der Waals surface area contributed by atoms with Crippen LogP contribution in [0.3, 0.4) is 0 Å². The third kappa shape index (κ3) is 2.70. The summed E-state index contributed by atoms with van der Waals surface area (Å²) in [6.07, 6.45) is 14.3. The topological polar surface area (TPSA) is 26.3 Å². The fourth-order valence-electron chi connectivity index (χ4n) is 7.62. The zero-order chi connectivity index (χ0) is 19.4. The van der Waals surface area contributed by atoms with E-state index in [4.69, 9.17) is 4.74 Å². The zero-order valence-corrected chi connectivity index (χ0v) is 17.5. The summed E-state index contributed by atoms with van der Waals surface area (Å²) in [5.74, 6) is 2.19. The third-order valence-electron chi connectivity index (χ3n) is 9.19. The van der Waals surface area contributed by atoms with Crippen LogP contribution in [-0.4, -0.2) is 12.1 Å². The van der Waals surface area contributed by atoms with Crippen molar-refractivity contribution in [1.82, 2.24) is 0 Å². The van der Waals surface area contributed by atoms with Gasteiger partial charge < -0.3 is 4.74 Å². The first-order valence-electron chi connectivity index (χ1n) is 11.5. The van der Waals surface area contributed by atoms with Gasteiger partial charge in [0.2, 0.25) is 0 Å². The second-order valence-corrected chi connectivity index (χ2v) is 10.3. The molecule has 0 saturated heterocycles. The Morgan fingerprint density at radius 3 is 2.64 bits per heavy atom. The molecule has 28 heavy (non-hydrogen) atoms. The minimum absolute atomic E-state index is 0.0793. The maximum atomic E-state index is 12.7. The van der Waals surface area contributed by atoms with Crippen LogP contribution in [0.15, 0.2) is 42.0 Å². The molecule has 2 heteroatoms. The van der Waals surface area contributed by atoms with Gasteiger partial charge in [0, 0.05) is 5.41 Å². The summed E-state index contributed by atoms with van der Waals surface area (Å²) < 4.78 is 6.13. The van der Waals surface area contributed by atoms with Crippen molar-refractivity contribution in [2.75, 3.05) is 0 Å². The van der Waals surface area contributed by atoms with Gasteiger partial charge in [0.1, 0.15) is 6.10 Å². The minimum atomic E-state index is -0.139. The minimum Gasteiger partial charge on any atom is -0.458 e. The van der Waals surface area contributed by atoms with Crippen LogP contribution < -0.4 is 0 Å². The standard InChI is InChI=1S/C26H34O2/c1-25-16-7-6-10-19(25)11-12-20-21-13-14-23(26(21,2)17-15-22(20)25)28-24(27)18-8-4-3-5-9-18/h3-5,8-9,11,20-23H,6-7,10,12-17H2,1-2H3/t20-,21-,22-,23+,25-,26-/m0/s1. The van der Waals surface area contributed by atoms with E-state index in [1.54, 1.807) is 5.57 Å². The Balaban J connectivity index is 1.37. The summed E-state index contributed by atoms with van der Waals surface area (Å²) in [5, 5.41) is 0. The molecule has 3 saturated carbocycles. The van der Waals surface area contributed by atoms with Gasteiger partial charge >= 0.3 is 5.97 Å². The van der Waals surface area contributed by atoms with E-state index >= 15 is 0 Å². The molecule has 4 aliphatic rings. The van der Waals surface area contributed by atoms with Crippen LogP contribution in [0.1, 0.15) is 82.0 Å². The number of esters is 1. The Morgan fingerprint density at radius 2 is 1.82 bits per heavy atom. The van der Waals surface area contributed by atoms with Crippen molar-refractivity contribution in [3.63, 3.8) is 0 Å². The molecular weight excluding hydrogens is 344 g/mol. The van der Waals surface area contributed by atoms with Gasteiger partial charge in [-0.05, 0) is 86.7 Å². The number of rotatable bonds is 2. The molecule has 0 unspecified atom stereocenters. The molecule has 0 radical (unpaired) electrons. The summed E-state index contributed by atoms with van der Waals surface area (Å²) >= 11 is 0. The van der Waals surface area contributed by atoms with Crippen molar-refractivity contribution in [3.8, 4) is 0 Å². The van der Waals surface area contributed by atoms with Crippen molar-refractivity contribution in [2.24, 2.45) is 28.6 Å². The largest absolute Gasteiger partial charge is 0.458 e. The Labute approximate surface area is 169 Å². The number of hydrogen-bond donors (Lipinski definition) is 0. The summed E-state index contributed by atoms with van der Waals surface area (Å²) in [7, 11) is 0. The van der Waals surface area contributed by atoms with Crippen LogP contribution in [0.5, 0.6) is 0 Å². The van der Waals surface area contributed by atoms with E-state index in [9.17, 15) is 4.79 Å². The van der Waals surface area contributed by atoms with E-state index in [1.807, 2.05) is 30.3 Å². The van der Waals surface area contributed by atoms with Gasteiger partial charge in [0.25, 0.3) is 0 Å². The molecule has 1 aromatic carbocycles. The maximum Gasteiger partial charge on any atom is 0.338 e. The van der Waals surface area contributed by atoms with Gasteiger partial charge in [-0.2, -0.15) is 0 Å². The van der Waals surface area contributed by atoms with Crippen LogP contribution in [-0.2, 0) is 4.74 Å². The van der Waals surface area contributed by atoms with Crippen molar-refractivity contribution in [1.29, 1.82) is 0 Å². The maximum absolute atomic E-state index is 12.7. The Bertz CT molecular complexity index is 781. The lowest BCUT2D eigenvalue weighted by atomic mass is 9.48. The first-order chi connectivity index (χ1) is 13.5. The molecule has 0 aromatic heterocycles. The molecule has 0 N–H and O–H groups in total. The van der Waals surface area contributed by atoms with Gasteiger partial charge in [-0.3, -0.25) is 0 Å². The van der Waals surface area contributed by atoms with E-state index in [1.165, 1.54) is 51.4 Å². The molecule has 3 fully saturated rings. The zero-order valence-electron chi connectivity index (χ0n) is 17.5. The number of hydrogen-bond acceptors (Lipinski definition) is 2. The highest BCUT2D eigenvalue weighted by Gasteiger charge is 2.59. The lowest BCUT2D eigenvalue weighted by Crippen LogP contribution is -2.50. The summed E-state index contributed by atoms with van der Waals surface area (Å²) in [6, 6.07) is 9.51. The second-order valence-electron chi connectivity index (χ2n) is 10.3. The molecule has 4 aliphatic carbocycles. The van der Waals surface area contributed by atoms with E-state index < -0.39 is 0 Å². The van der Waals surface area contributed by atoms with Crippen molar-refractivity contribution in [2.45, 2.75) is 77.7 Å². The Hall–Kier alpha value is -1.57. The Morgan fingerprint density at radius 1 is 1.00 bits per heavy atom. The van der Waals surface area contributed by atoms with Gasteiger partial charge in [-0.1, -0.05) is 50.1 Å². The number of carbonyl (C=O) groups excluding carboxylic acids is 1. The molecule has 0 spiro atoms. The number of fused-ring (bicyclic) bond motifs is 5. The van der Waals surface area contributed by atoms with Crippen LogP contribution in [0.2, 0.25) is 0 Å². The SMILES string of the molecule is C[C@]12CC[C@H]3[C@@H](CC=C4CCCC[C@@]43C)[C@@H]1CC[C@H]2OC(=O)c1ccccc1. The van der Waals surface area contributed by atoms with E-state index in [2.05, 4.69) is 19.9 Å². The van der Waals surface area contributed by atoms with E-state index in [-0.39, 0.29) is 17.5 Å². The second kappa shape index (κ2) is 6.75. The predicted octanol–water partition coefficient (Wildman–Crippen LogP) is 6.56. The van der Waals surface area contributed by atoms with Gasteiger partial charge in [0.05, 0.1) is 5.56 Å². The highest BCUT2D eigenvalue weighted by atomic mass is 16.5. The molecule has 0 heterocycles. The normalized spacial score (nSPS) is 42.0. The fourth-order valence-corrected chi connectivity index (χ4v) is 7.62. The number of allylic oxidation sites excluding steroid dienone is 2. The summed E-state index contributed by atoms with van der Waals surface area (Å²) in [4.78, 5) is 12.7.